The minimum absolute atomic E-state index is 0.335. The van der Waals surface area contributed by atoms with E-state index >= 15 is 0 Å². The van der Waals surface area contributed by atoms with Crippen LogP contribution >= 0.6 is 0 Å². The summed E-state index contributed by atoms with van der Waals surface area (Å²) in [4.78, 5) is 0. The molecule has 1 aromatic rings. The maximum absolute atomic E-state index is 10.5. The number of hydrogen-bond acceptors (Lipinski definition) is 2. The molecule has 3 heteroatoms. The first kappa shape index (κ1) is 12.6. The highest BCUT2D eigenvalue weighted by atomic mass is 16.3. The molecule has 3 nitrogen and oxygen atoms in total. The summed E-state index contributed by atoms with van der Waals surface area (Å²) in [6.07, 6.45) is 5.00. The van der Waals surface area contributed by atoms with Gasteiger partial charge in [-0.1, -0.05) is 20.3 Å². The van der Waals surface area contributed by atoms with Gasteiger partial charge >= 0.3 is 0 Å². The minimum atomic E-state index is -0.335. The Labute approximate surface area is 104 Å². The van der Waals surface area contributed by atoms with Crippen molar-refractivity contribution in [3.63, 3.8) is 0 Å². The number of aromatic nitrogens is 2. The van der Waals surface area contributed by atoms with Gasteiger partial charge in [-0.05, 0) is 37.5 Å². The summed E-state index contributed by atoms with van der Waals surface area (Å²) in [5, 5.41) is 14.7. The van der Waals surface area contributed by atoms with Crippen molar-refractivity contribution in [3.05, 3.63) is 17.5 Å². The molecule has 17 heavy (non-hydrogen) atoms. The van der Waals surface area contributed by atoms with E-state index in [0.29, 0.717) is 5.92 Å². The van der Waals surface area contributed by atoms with E-state index in [0.717, 1.165) is 35.9 Å². The van der Waals surface area contributed by atoms with E-state index in [1.807, 2.05) is 24.9 Å². The van der Waals surface area contributed by atoms with Crippen LogP contribution in [0, 0.1) is 24.7 Å². The molecule has 96 valence electrons. The minimum Gasteiger partial charge on any atom is -0.388 e. The van der Waals surface area contributed by atoms with Crippen LogP contribution in [0.1, 0.15) is 50.5 Å². The molecule has 0 bridgehead atoms. The molecule has 4 atom stereocenters. The third kappa shape index (κ3) is 2.39. The van der Waals surface area contributed by atoms with Gasteiger partial charge in [-0.15, -0.1) is 0 Å². The normalized spacial score (nSPS) is 31.5. The molecule has 0 radical (unpaired) electrons. The zero-order valence-corrected chi connectivity index (χ0v) is 11.3. The van der Waals surface area contributed by atoms with Crippen LogP contribution in [0.2, 0.25) is 0 Å². The summed E-state index contributed by atoms with van der Waals surface area (Å²) in [6, 6.07) is 0. The second-order valence-corrected chi connectivity index (χ2v) is 5.78. The zero-order chi connectivity index (χ0) is 12.6. The highest BCUT2D eigenvalue weighted by Crippen LogP contribution is 2.40. The summed E-state index contributed by atoms with van der Waals surface area (Å²) >= 11 is 0. The number of nitrogens with zero attached hydrogens (tertiary/aromatic N) is 2. The molecule has 4 unspecified atom stereocenters. The molecular formula is C14H24N2O. The van der Waals surface area contributed by atoms with Crippen LogP contribution in [0.4, 0.5) is 0 Å². The van der Waals surface area contributed by atoms with Crippen LogP contribution in [0.25, 0.3) is 0 Å². The summed E-state index contributed by atoms with van der Waals surface area (Å²) in [7, 11) is 1.93. The molecule has 1 aliphatic rings. The second-order valence-electron chi connectivity index (χ2n) is 5.78. The first-order valence-electron chi connectivity index (χ1n) is 6.67. The molecule has 1 saturated carbocycles. The van der Waals surface area contributed by atoms with Crippen molar-refractivity contribution >= 4 is 0 Å². The Morgan fingerprint density at radius 1 is 1.35 bits per heavy atom. The summed E-state index contributed by atoms with van der Waals surface area (Å²) in [5.41, 5.74) is 2.10. The summed E-state index contributed by atoms with van der Waals surface area (Å²) in [6.45, 7) is 6.66. The molecule has 0 aromatic carbocycles. The molecule has 0 saturated heterocycles. The lowest BCUT2D eigenvalue weighted by Crippen LogP contribution is -2.25. The van der Waals surface area contributed by atoms with Crippen molar-refractivity contribution in [2.75, 3.05) is 0 Å². The molecule has 0 spiro atoms. The average Bonchev–Trinajstić information content (AvgIpc) is 2.63. The standard InChI is InChI=1S/C14H24N2O/c1-9-5-6-12(7-10(9)2)14(17)13-8-15-16(4)11(13)3/h8-10,12,14,17H,5-7H2,1-4H3. The van der Waals surface area contributed by atoms with Crippen LogP contribution in [0.5, 0.6) is 0 Å². The van der Waals surface area contributed by atoms with Crippen LogP contribution in [-0.4, -0.2) is 14.9 Å². The van der Waals surface area contributed by atoms with Gasteiger partial charge in [0.05, 0.1) is 12.3 Å². The van der Waals surface area contributed by atoms with E-state index in [2.05, 4.69) is 18.9 Å². The van der Waals surface area contributed by atoms with E-state index in [1.165, 1.54) is 6.42 Å². The molecular weight excluding hydrogens is 212 g/mol. The highest BCUT2D eigenvalue weighted by molar-refractivity contribution is 5.19. The second kappa shape index (κ2) is 4.81. The molecule has 1 fully saturated rings. The van der Waals surface area contributed by atoms with E-state index in [1.54, 1.807) is 0 Å². The summed E-state index contributed by atoms with van der Waals surface area (Å²) in [5.74, 6) is 1.93. The Bertz CT molecular complexity index is 386. The fraction of sp³-hybridized carbons (Fsp3) is 0.786. The molecule has 1 heterocycles. The fourth-order valence-electron chi connectivity index (χ4n) is 2.94. The van der Waals surface area contributed by atoms with Gasteiger partial charge < -0.3 is 5.11 Å². The third-order valence-corrected chi connectivity index (χ3v) is 4.68. The lowest BCUT2D eigenvalue weighted by atomic mass is 9.73. The zero-order valence-electron chi connectivity index (χ0n) is 11.3. The summed E-state index contributed by atoms with van der Waals surface area (Å²) < 4.78 is 1.84. The van der Waals surface area contributed by atoms with Gasteiger partial charge in [0.15, 0.2) is 0 Å². The van der Waals surface area contributed by atoms with Crippen LogP contribution in [0.3, 0.4) is 0 Å². The van der Waals surface area contributed by atoms with E-state index < -0.39 is 0 Å². The largest absolute Gasteiger partial charge is 0.388 e. The van der Waals surface area contributed by atoms with Crippen molar-refractivity contribution in [2.24, 2.45) is 24.8 Å². The quantitative estimate of drug-likeness (QED) is 0.857. The fourth-order valence-corrected chi connectivity index (χ4v) is 2.94. The average molecular weight is 236 g/mol. The smallest absolute Gasteiger partial charge is 0.0851 e. The van der Waals surface area contributed by atoms with Gasteiger partial charge in [0.25, 0.3) is 0 Å². The first-order valence-corrected chi connectivity index (χ1v) is 6.67. The van der Waals surface area contributed by atoms with Gasteiger partial charge in [0.1, 0.15) is 0 Å². The number of hydrogen-bond donors (Lipinski definition) is 1. The molecule has 2 rings (SSSR count). The first-order chi connectivity index (χ1) is 8.00. The van der Waals surface area contributed by atoms with Gasteiger partial charge in [-0.2, -0.15) is 5.10 Å². The lowest BCUT2D eigenvalue weighted by molar-refractivity contribution is 0.0556. The molecule has 1 aliphatic carbocycles. The van der Waals surface area contributed by atoms with Crippen molar-refractivity contribution in [3.8, 4) is 0 Å². The Balaban J connectivity index is 2.10. The molecule has 1 aromatic heterocycles. The van der Waals surface area contributed by atoms with E-state index in [9.17, 15) is 5.11 Å². The van der Waals surface area contributed by atoms with Gasteiger partial charge in [-0.25, -0.2) is 0 Å². The molecule has 0 amide bonds. The van der Waals surface area contributed by atoms with Crippen LogP contribution in [-0.2, 0) is 7.05 Å². The number of rotatable bonds is 2. The maximum atomic E-state index is 10.5. The van der Waals surface area contributed by atoms with Crippen LogP contribution < -0.4 is 0 Å². The molecule has 0 aliphatic heterocycles. The number of aryl methyl sites for hydroxylation is 1. The predicted octanol–water partition coefficient (Wildman–Crippen LogP) is 2.83. The number of aliphatic hydroxyl groups excluding tert-OH is 1. The van der Waals surface area contributed by atoms with Crippen molar-refractivity contribution in [1.29, 1.82) is 0 Å². The van der Waals surface area contributed by atoms with E-state index in [4.69, 9.17) is 0 Å². The lowest BCUT2D eigenvalue weighted by Gasteiger charge is -2.34. The number of aliphatic hydroxyl groups is 1. The Hall–Kier alpha value is -0.830. The third-order valence-electron chi connectivity index (χ3n) is 4.68. The monoisotopic (exact) mass is 236 g/mol. The Morgan fingerprint density at radius 3 is 2.59 bits per heavy atom. The van der Waals surface area contributed by atoms with Crippen molar-refractivity contribution < 1.29 is 5.11 Å². The highest BCUT2D eigenvalue weighted by Gasteiger charge is 2.31. The van der Waals surface area contributed by atoms with Crippen LogP contribution in [0.15, 0.2) is 6.20 Å². The van der Waals surface area contributed by atoms with E-state index in [-0.39, 0.29) is 6.10 Å². The van der Waals surface area contributed by atoms with Crippen molar-refractivity contribution in [1.82, 2.24) is 9.78 Å². The van der Waals surface area contributed by atoms with Gasteiger partial charge in [-0.3, -0.25) is 4.68 Å². The predicted molar refractivity (Wildman–Crippen MR) is 68.6 cm³/mol. The van der Waals surface area contributed by atoms with Gasteiger partial charge in [0.2, 0.25) is 0 Å². The Morgan fingerprint density at radius 2 is 2.06 bits per heavy atom. The maximum Gasteiger partial charge on any atom is 0.0851 e. The SMILES string of the molecule is Cc1c(C(O)C2CCC(C)C(C)C2)cnn1C. The Kier molecular flexibility index (Phi) is 3.57. The van der Waals surface area contributed by atoms with Gasteiger partial charge in [0, 0.05) is 18.3 Å². The topological polar surface area (TPSA) is 38.1 Å². The molecule has 1 N–H and O–H groups in total. The van der Waals surface area contributed by atoms with Crippen molar-refractivity contribution in [2.45, 2.75) is 46.1 Å².